The van der Waals surface area contributed by atoms with E-state index in [1.165, 1.54) is 13.4 Å². The van der Waals surface area contributed by atoms with Crippen molar-refractivity contribution in [2.45, 2.75) is 12.5 Å². The number of imidazole rings is 1. The van der Waals surface area contributed by atoms with Crippen LogP contribution in [0.2, 0.25) is 0 Å². The van der Waals surface area contributed by atoms with E-state index >= 15 is 0 Å². The Morgan fingerprint density at radius 3 is 3.00 bits per heavy atom. The molecule has 0 aliphatic rings. The number of rotatable bonds is 5. The summed E-state index contributed by atoms with van der Waals surface area (Å²) in [6.07, 6.45) is 3.43. The summed E-state index contributed by atoms with van der Waals surface area (Å²) in [5.74, 6) is -0.808. The summed E-state index contributed by atoms with van der Waals surface area (Å²) in [5, 5.41) is 5.70. The lowest BCUT2D eigenvalue weighted by molar-refractivity contribution is -0.142. The Morgan fingerprint density at radius 1 is 1.39 bits per heavy atom. The van der Waals surface area contributed by atoms with Gasteiger partial charge in [0, 0.05) is 28.6 Å². The number of nitrogens with one attached hydrogen (secondary N) is 2. The van der Waals surface area contributed by atoms with Gasteiger partial charge in [0.25, 0.3) is 5.91 Å². The number of thiophene rings is 1. The molecule has 0 spiro atoms. The highest BCUT2D eigenvalue weighted by molar-refractivity contribution is 7.17. The number of hydrogen-bond acceptors (Lipinski definition) is 5. The molecule has 1 aromatic carbocycles. The molecule has 3 aromatic rings. The van der Waals surface area contributed by atoms with Gasteiger partial charge in [-0.05, 0) is 35.0 Å². The number of H-pyrrole nitrogens is 1. The topological polar surface area (TPSA) is 84.1 Å². The number of hydrogen-bond donors (Lipinski definition) is 2. The van der Waals surface area contributed by atoms with E-state index in [1.807, 2.05) is 23.6 Å². The van der Waals surface area contributed by atoms with E-state index in [9.17, 15) is 9.59 Å². The summed E-state index contributed by atoms with van der Waals surface area (Å²) < 4.78 is 5.88. The Balaban J connectivity index is 1.77. The number of aromatic amines is 1. The maximum Gasteiger partial charge on any atom is 0.328 e. The first-order valence-corrected chi connectivity index (χ1v) is 7.88. The van der Waals surface area contributed by atoms with Crippen molar-refractivity contribution in [1.29, 1.82) is 0 Å². The molecule has 0 saturated carbocycles. The third-order valence-electron chi connectivity index (χ3n) is 3.48. The zero-order chi connectivity index (χ0) is 16.2. The van der Waals surface area contributed by atoms with Crippen molar-refractivity contribution < 1.29 is 14.3 Å². The number of methoxy groups -OCH3 is 1. The van der Waals surface area contributed by atoms with E-state index < -0.39 is 12.0 Å². The number of esters is 1. The molecule has 0 fully saturated rings. The van der Waals surface area contributed by atoms with Crippen LogP contribution < -0.4 is 5.32 Å². The smallest absolute Gasteiger partial charge is 0.328 e. The van der Waals surface area contributed by atoms with Crippen molar-refractivity contribution >= 4 is 33.3 Å². The van der Waals surface area contributed by atoms with Crippen LogP contribution in [0.1, 0.15) is 16.1 Å². The van der Waals surface area contributed by atoms with Crippen molar-refractivity contribution in [2.24, 2.45) is 0 Å². The van der Waals surface area contributed by atoms with Gasteiger partial charge in [-0.1, -0.05) is 0 Å². The molecule has 6 nitrogen and oxygen atoms in total. The maximum absolute atomic E-state index is 12.4. The summed E-state index contributed by atoms with van der Waals surface area (Å²) in [4.78, 5) is 31.2. The second kappa shape index (κ2) is 6.62. The lowest BCUT2D eigenvalue weighted by atomic mass is 10.1. The predicted molar refractivity (Wildman–Crippen MR) is 87.4 cm³/mol. The molecule has 0 saturated heterocycles. The monoisotopic (exact) mass is 329 g/mol. The van der Waals surface area contributed by atoms with Gasteiger partial charge in [0.15, 0.2) is 0 Å². The molecule has 1 atom stereocenters. The number of carbonyl (C=O) groups is 2. The van der Waals surface area contributed by atoms with Crippen molar-refractivity contribution in [3.63, 3.8) is 0 Å². The zero-order valence-corrected chi connectivity index (χ0v) is 13.2. The highest BCUT2D eigenvalue weighted by Gasteiger charge is 2.23. The van der Waals surface area contributed by atoms with E-state index in [4.69, 9.17) is 4.74 Å². The Kier molecular flexibility index (Phi) is 4.38. The number of nitrogens with zero attached hydrogens (tertiary/aromatic N) is 1. The first kappa shape index (κ1) is 15.2. The standard InChI is InChI=1S/C16H15N3O3S/c1-22-16(21)13(7-12-8-17-9-18-12)19-15(20)11-2-3-14-10(6-11)4-5-23-14/h2-6,8-9,13H,7H2,1H3,(H,17,18)(H,19,20)/t13-/m1/s1. The minimum absolute atomic E-state index is 0.291. The first-order chi connectivity index (χ1) is 11.2. The molecule has 0 aliphatic carbocycles. The molecule has 0 radical (unpaired) electrons. The average molecular weight is 329 g/mol. The number of amides is 1. The number of ether oxygens (including phenoxy) is 1. The van der Waals surface area contributed by atoms with Gasteiger partial charge in [-0.25, -0.2) is 9.78 Å². The Labute approximate surface area is 136 Å². The first-order valence-electron chi connectivity index (χ1n) is 7.00. The minimum atomic E-state index is -0.772. The minimum Gasteiger partial charge on any atom is -0.467 e. The molecule has 0 aliphatic heterocycles. The number of carbonyl (C=O) groups excluding carboxylic acids is 2. The molecule has 0 unspecified atom stereocenters. The van der Waals surface area contributed by atoms with Crippen molar-refractivity contribution in [3.05, 3.63) is 53.4 Å². The largest absolute Gasteiger partial charge is 0.467 e. The Morgan fingerprint density at radius 2 is 2.26 bits per heavy atom. The van der Waals surface area contributed by atoms with Gasteiger partial charge >= 0.3 is 5.97 Å². The fourth-order valence-corrected chi connectivity index (χ4v) is 3.07. The second-order valence-electron chi connectivity index (χ2n) is 5.00. The average Bonchev–Trinajstić information content (AvgIpc) is 3.23. The summed E-state index contributed by atoms with van der Waals surface area (Å²) >= 11 is 1.62. The third kappa shape index (κ3) is 3.40. The van der Waals surface area contributed by atoms with Crippen LogP contribution in [0.15, 0.2) is 42.2 Å². The normalized spacial score (nSPS) is 12.0. The quantitative estimate of drug-likeness (QED) is 0.703. The molecule has 2 aromatic heterocycles. The van der Waals surface area contributed by atoms with Crippen LogP contribution >= 0.6 is 11.3 Å². The van der Waals surface area contributed by atoms with Crippen LogP contribution in [-0.4, -0.2) is 35.0 Å². The van der Waals surface area contributed by atoms with Gasteiger partial charge in [0.2, 0.25) is 0 Å². The molecule has 7 heteroatoms. The van der Waals surface area contributed by atoms with Crippen molar-refractivity contribution in [2.75, 3.05) is 7.11 Å². The molecule has 118 valence electrons. The van der Waals surface area contributed by atoms with Crippen LogP contribution in [0.4, 0.5) is 0 Å². The van der Waals surface area contributed by atoms with Crippen molar-refractivity contribution in [3.8, 4) is 0 Å². The van der Waals surface area contributed by atoms with Gasteiger partial charge in [0.1, 0.15) is 6.04 Å². The second-order valence-corrected chi connectivity index (χ2v) is 5.95. The molecular weight excluding hydrogens is 314 g/mol. The molecule has 2 heterocycles. The van der Waals surface area contributed by atoms with Gasteiger partial charge in [-0.15, -0.1) is 11.3 Å². The summed E-state index contributed by atoms with van der Waals surface area (Å²) in [7, 11) is 1.30. The molecule has 2 N–H and O–H groups in total. The fourth-order valence-electron chi connectivity index (χ4n) is 2.30. The Hall–Kier alpha value is -2.67. The van der Waals surface area contributed by atoms with Crippen LogP contribution in [-0.2, 0) is 16.0 Å². The summed E-state index contributed by atoms with van der Waals surface area (Å²) in [6, 6.07) is 6.65. The predicted octanol–water partition coefficient (Wildman–Crippen LogP) is 2.14. The molecule has 23 heavy (non-hydrogen) atoms. The summed E-state index contributed by atoms with van der Waals surface area (Å²) in [5.41, 5.74) is 1.25. The van der Waals surface area contributed by atoms with Crippen LogP contribution in [0.25, 0.3) is 10.1 Å². The van der Waals surface area contributed by atoms with E-state index in [1.54, 1.807) is 23.6 Å². The number of fused-ring (bicyclic) bond motifs is 1. The van der Waals surface area contributed by atoms with E-state index in [-0.39, 0.29) is 5.91 Å². The van der Waals surface area contributed by atoms with Crippen LogP contribution in [0.3, 0.4) is 0 Å². The van der Waals surface area contributed by atoms with E-state index in [0.29, 0.717) is 12.0 Å². The third-order valence-corrected chi connectivity index (χ3v) is 4.38. The Bertz CT molecular complexity index is 826. The molecule has 0 bridgehead atoms. The molecular formula is C16H15N3O3S. The van der Waals surface area contributed by atoms with Gasteiger partial charge in [0.05, 0.1) is 13.4 Å². The number of aromatic nitrogens is 2. The van der Waals surface area contributed by atoms with Crippen LogP contribution in [0.5, 0.6) is 0 Å². The lowest BCUT2D eigenvalue weighted by Gasteiger charge is -2.15. The van der Waals surface area contributed by atoms with Crippen LogP contribution in [0, 0.1) is 0 Å². The van der Waals surface area contributed by atoms with Gasteiger partial charge in [-0.3, -0.25) is 4.79 Å². The van der Waals surface area contributed by atoms with Gasteiger partial charge in [-0.2, -0.15) is 0 Å². The number of benzene rings is 1. The maximum atomic E-state index is 12.4. The SMILES string of the molecule is COC(=O)[C@@H](Cc1cnc[nH]1)NC(=O)c1ccc2sccc2c1. The van der Waals surface area contributed by atoms with E-state index in [0.717, 1.165) is 15.8 Å². The zero-order valence-electron chi connectivity index (χ0n) is 12.4. The highest BCUT2D eigenvalue weighted by Crippen LogP contribution is 2.21. The molecule has 1 amide bonds. The molecule has 3 rings (SSSR count). The highest BCUT2D eigenvalue weighted by atomic mass is 32.1. The fraction of sp³-hybridized carbons (Fsp3) is 0.188. The van der Waals surface area contributed by atoms with Crippen molar-refractivity contribution in [1.82, 2.24) is 15.3 Å². The van der Waals surface area contributed by atoms with Gasteiger partial charge < -0.3 is 15.0 Å². The summed E-state index contributed by atoms with van der Waals surface area (Å²) in [6.45, 7) is 0. The lowest BCUT2D eigenvalue weighted by Crippen LogP contribution is -2.43. The van der Waals surface area contributed by atoms with E-state index in [2.05, 4.69) is 15.3 Å².